The molecule has 3 nitrogen and oxygen atoms in total. The molecule has 0 aromatic rings. The highest BCUT2D eigenvalue weighted by atomic mass is 16.5. The molecule has 0 bridgehead atoms. The molecule has 0 radical (unpaired) electrons. The van der Waals surface area contributed by atoms with Crippen LogP contribution < -0.4 is 0 Å². The molecule has 0 aromatic heterocycles. The standard InChI is InChI=1S/C12H23NO2/c1-10-7-11(2)9-13(8-10)6-4-5-12(14)15-3/h10-11H,4-9H2,1-3H3/t10-,11+. The van der Waals surface area contributed by atoms with Crippen LogP contribution >= 0.6 is 0 Å². The number of ether oxygens (including phenoxy) is 1. The SMILES string of the molecule is COC(=O)CCCN1C[C@H](C)C[C@H](C)C1. The third-order valence-corrected chi connectivity index (χ3v) is 3.03. The summed E-state index contributed by atoms with van der Waals surface area (Å²) in [4.78, 5) is 13.4. The first-order valence-electron chi connectivity index (χ1n) is 5.91. The van der Waals surface area contributed by atoms with Gasteiger partial charge in [-0.15, -0.1) is 0 Å². The maximum absolute atomic E-state index is 10.9. The Balaban J connectivity index is 2.17. The first-order chi connectivity index (χ1) is 7.11. The Labute approximate surface area is 92.8 Å². The summed E-state index contributed by atoms with van der Waals surface area (Å²) >= 11 is 0. The van der Waals surface area contributed by atoms with E-state index < -0.39 is 0 Å². The molecule has 0 unspecified atom stereocenters. The van der Waals surface area contributed by atoms with Gasteiger partial charge < -0.3 is 9.64 Å². The van der Waals surface area contributed by atoms with Crippen molar-refractivity contribution in [2.45, 2.75) is 33.1 Å². The van der Waals surface area contributed by atoms with Crippen LogP contribution in [0.15, 0.2) is 0 Å². The number of nitrogens with zero attached hydrogens (tertiary/aromatic N) is 1. The van der Waals surface area contributed by atoms with Crippen molar-refractivity contribution < 1.29 is 9.53 Å². The predicted octanol–water partition coefficient (Wildman–Crippen LogP) is 1.92. The lowest BCUT2D eigenvalue weighted by Crippen LogP contribution is -2.39. The molecule has 1 heterocycles. The van der Waals surface area contributed by atoms with Crippen molar-refractivity contribution in [2.75, 3.05) is 26.7 Å². The van der Waals surface area contributed by atoms with Crippen molar-refractivity contribution >= 4 is 5.97 Å². The maximum atomic E-state index is 10.9. The molecule has 1 aliphatic rings. The van der Waals surface area contributed by atoms with Crippen molar-refractivity contribution in [3.8, 4) is 0 Å². The highest BCUT2D eigenvalue weighted by Gasteiger charge is 2.21. The first-order valence-corrected chi connectivity index (χ1v) is 5.91. The maximum Gasteiger partial charge on any atom is 0.305 e. The summed E-state index contributed by atoms with van der Waals surface area (Å²) in [5, 5.41) is 0. The summed E-state index contributed by atoms with van der Waals surface area (Å²) in [5.41, 5.74) is 0. The second kappa shape index (κ2) is 6.11. The zero-order valence-corrected chi connectivity index (χ0v) is 10.2. The number of piperidine rings is 1. The zero-order chi connectivity index (χ0) is 11.3. The fourth-order valence-corrected chi connectivity index (χ4v) is 2.52. The van der Waals surface area contributed by atoms with Gasteiger partial charge in [-0.3, -0.25) is 4.79 Å². The largest absolute Gasteiger partial charge is 0.469 e. The highest BCUT2D eigenvalue weighted by Crippen LogP contribution is 2.20. The van der Waals surface area contributed by atoms with E-state index >= 15 is 0 Å². The van der Waals surface area contributed by atoms with Crippen LogP contribution in [0.5, 0.6) is 0 Å². The van der Waals surface area contributed by atoms with Crippen molar-refractivity contribution in [3.63, 3.8) is 0 Å². The number of hydrogen-bond acceptors (Lipinski definition) is 3. The summed E-state index contributed by atoms with van der Waals surface area (Å²) in [5.74, 6) is 1.51. The summed E-state index contributed by atoms with van der Waals surface area (Å²) in [7, 11) is 1.45. The Morgan fingerprint density at radius 2 is 1.93 bits per heavy atom. The van der Waals surface area contributed by atoms with Crippen molar-refractivity contribution in [1.29, 1.82) is 0 Å². The van der Waals surface area contributed by atoms with Crippen LogP contribution in [0.2, 0.25) is 0 Å². The molecule has 0 aromatic carbocycles. The smallest absolute Gasteiger partial charge is 0.305 e. The Hall–Kier alpha value is -0.570. The number of rotatable bonds is 4. The number of methoxy groups -OCH3 is 1. The van der Waals surface area contributed by atoms with Crippen LogP contribution in [-0.4, -0.2) is 37.6 Å². The van der Waals surface area contributed by atoms with Gasteiger partial charge in [-0.1, -0.05) is 13.8 Å². The lowest BCUT2D eigenvalue weighted by Gasteiger charge is -2.34. The van der Waals surface area contributed by atoms with Gasteiger partial charge in [0.25, 0.3) is 0 Å². The van der Waals surface area contributed by atoms with E-state index in [9.17, 15) is 4.79 Å². The van der Waals surface area contributed by atoms with E-state index in [1.807, 2.05) is 0 Å². The molecule has 0 saturated carbocycles. The van der Waals surface area contributed by atoms with Crippen molar-refractivity contribution in [3.05, 3.63) is 0 Å². The molecule has 0 amide bonds. The minimum Gasteiger partial charge on any atom is -0.469 e. The summed E-state index contributed by atoms with van der Waals surface area (Å²) < 4.78 is 4.62. The molecule has 1 saturated heterocycles. The van der Waals surface area contributed by atoms with Crippen molar-refractivity contribution in [2.24, 2.45) is 11.8 Å². The Morgan fingerprint density at radius 1 is 1.33 bits per heavy atom. The molecule has 2 atom stereocenters. The number of carbonyl (C=O) groups excluding carboxylic acids is 1. The van der Waals surface area contributed by atoms with Gasteiger partial charge in [0.05, 0.1) is 7.11 Å². The average molecular weight is 213 g/mol. The molecular formula is C12H23NO2. The molecule has 0 spiro atoms. The van der Waals surface area contributed by atoms with Gasteiger partial charge in [0.1, 0.15) is 0 Å². The summed E-state index contributed by atoms with van der Waals surface area (Å²) in [6.45, 7) is 8.02. The van der Waals surface area contributed by atoms with Crippen LogP contribution in [-0.2, 0) is 9.53 Å². The van der Waals surface area contributed by atoms with Gasteiger partial charge in [0.15, 0.2) is 0 Å². The van der Waals surface area contributed by atoms with Gasteiger partial charge in [-0.2, -0.15) is 0 Å². The second-order valence-electron chi connectivity index (χ2n) is 4.89. The number of esters is 1. The van der Waals surface area contributed by atoms with E-state index in [0.717, 1.165) is 24.8 Å². The number of hydrogen-bond donors (Lipinski definition) is 0. The molecule has 0 N–H and O–H groups in total. The molecular weight excluding hydrogens is 190 g/mol. The lowest BCUT2D eigenvalue weighted by molar-refractivity contribution is -0.140. The third kappa shape index (κ3) is 4.65. The predicted molar refractivity (Wildman–Crippen MR) is 60.6 cm³/mol. The van der Waals surface area contributed by atoms with Crippen LogP contribution in [0, 0.1) is 11.8 Å². The molecule has 1 rings (SSSR count). The van der Waals surface area contributed by atoms with E-state index in [1.54, 1.807) is 0 Å². The van der Waals surface area contributed by atoms with Gasteiger partial charge >= 0.3 is 5.97 Å². The summed E-state index contributed by atoms with van der Waals surface area (Å²) in [6.07, 6.45) is 2.81. The number of likely N-dealkylation sites (tertiary alicyclic amines) is 1. The van der Waals surface area contributed by atoms with E-state index in [-0.39, 0.29) is 5.97 Å². The van der Waals surface area contributed by atoms with Crippen LogP contribution in [0.4, 0.5) is 0 Å². The van der Waals surface area contributed by atoms with Gasteiger partial charge in [0.2, 0.25) is 0 Å². The van der Waals surface area contributed by atoms with Gasteiger partial charge in [0, 0.05) is 19.5 Å². The molecule has 15 heavy (non-hydrogen) atoms. The Bertz CT molecular complexity index is 196. The highest BCUT2D eigenvalue weighted by molar-refractivity contribution is 5.69. The minimum absolute atomic E-state index is 0.0897. The second-order valence-corrected chi connectivity index (χ2v) is 4.89. The molecule has 88 valence electrons. The molecule has 0 aliphatic carbocycles. The van der Waals surface area contributed by atoms with Crippen molar-refractivity contribution in [1.82, 2.24) is 4.90 Å². The van der Waals surface area contributed by atoms with E-state index in [0.29, 0.717) is 6.42 Å². The monoisotopic (exact) mass is 213 g/mol. The fraction of sp³-hybridized carbons (Fsp3) is 0.917. The average Bonchev–Trinajstić information content (AvgIpc) is 2.16. The fourth-order valence-electron chi connectivity index (χ4n) is 2.52. The normalized spacial score (nSPS) is 27.7. The molecule has 1 fully saturated rings. The molecule has 3 heteroatoms. The zero-order valence-electron chi connectivity index (χ0n) is 10.2. The third-order valence-electron chi connectivity index (χ3n) is 3.03. The lowest BCUT2D eigenvalue weighted by atomic mass is 9.92. The quantitative estimate of drug-likeness (QED) is 0.668. The van der Waals surface area contributed by atoms with Gasteiger partial charge in [-0.05, 0) is 31.2 Å². The topological polar surface area (TPSA) is 29.5 Å². The minimum atomic E-state index is -0.0897. The van der Waals surface area contributed by atoms with Crippen LogP contribution in [0.3, 0.4) is 0 Å². The van der Waals surface area contributed by atoms with Crippen LogP contribution in [0.25, 0.3) is 0 Å². The van der Waals surface area contributed by atoms with E-state index in [4.69, 9.17) is 0 Å². The Morgan fingerprint density at radius 3 is 2.47 bits per heavy atom. The van der Waals surface area contributed by atoms with Crippen LogP contribution in [0.1, 0.15) is 33.1 Å². The first kappa shape index (κ1) is 12.5. The van der Waals surface area contributed by atoms with E-state index in [1.165, 1.54) is 26.6 Å². The van der Waals surface area contributed by atoms with Gasteiger partial charge in [-0.25, -0.2) is 0 Å². The number of carbonyl (C=O) groups is 1. The summed E-state index contributed by atoms with van der Waals surface area (Å²) in [6, 6.07) is 0. The Kier molecular flexibility index (Phi) is 5.09. The van der Waals surface area contributed by atoms with E-state index in [2.05, 4.69) is 23.5 Å². The molecule has 1 aliphatic heterocycles.